The summed E-state index contributed by atoms with van der Waals surface area (Å²) < 4.78 is 5.85. The Hall–Kier alpha value is -3.32. The molecule has 1 aromatic carbocycles. The first-order valence-corrected chi connectivity index (χ1v) is 12.6. The number of ether oxygens (including phenoxy) is 1. The van der Waals surface area contributed by atoms with Crippen LogP contribution < -0.4 is 10.2 Å². The molecule has 2 aromatic rings. The second kappa shape index (κ2) is 9.14. The van der Waals surface area contributed by atoms with Crippen LogP contribution >= 0.6 is 11.8 Å². The van der Waals surface area contributed by atoms with E-state index in [1.807, 2.05) is 6.07 Å². The predicted octanol–water partition coefficient (Wildman–Crippen LogP) is 3.05. The molecule has 0 bridgehead atoms. The number of thioether (sulfide) groups is 1. The molecule has 10 heteroatoms. The molecule has 0 radical (unpaired) electrons. The largest absolute Gasteiger partial charge is 0.442 e. The summed E-state index contributed by atoms with van der Waals surface area (Å²) >= 11 is 1.52. The van der Waals surface area contributed by atoms with Crippen molar-refractivity contribution in [1.29, 1.82) is 5.26 Å². The summed E-state index contributed by atoms with van der Waals surface area (Å²) in [4.78, 5) is 45.7. The first kappa shape index (κ1) is 22.5. The summed E-state index contributed by atoms with van der Waals surface area (Å²) in [5.74, 6) is 0.320. The Balaban J connectivity index is 1.33. The van der Waals surface area contributed by atoms with E-state index >= 15 is 0 Å². The molecule has 3 heterocycles. The lowest BCUT2D eigenvalue weighted by Gasteiger charge is -2.38. The van der Waals surface area contributed by atoms with E-state index < -0.39 is 11.9 Å². The highest BCUT2D eigenvalue weighted by atomic mass is 32.2. The van der Waals surface area contributed by atoms with Crippen molar-refractivity contribution in [3.8, 4) is 6.07 Å². The molecule has 3 amide bonds. The molecular weight excluding hydrogens is 454 g/mol. The van der Waals surface area contributed by atoms with Crippen molar-refractivity contribution in [1.82, 2.24) is 15.2 Å². The molecule has 1 aliphatic carbocycles. The fourth-order valence-corrected chi connectivity index (χ4v) is 6.06. The number of nitrogens with zero attached hydrogens (tertiary/aromatic N) is 4. The van der Waals surface area contributed by atoms with Crippen LogP contribution in [-0.2, 0) is 9.53 Å². The minimum absolute atomic E-state index is 0.193. The van der Waals surface area contributed by atoms with Gasteiger partial charge < -0.3 is 15.0 Å². The summed E-state index contributed by atoms with van der Waals surface area (Å²) in [6.07, 6.45) is 5.99. The van der Waals surface area contributed by atoms with Crippen molar-refractivity contribution < 1.29 is 19.1 Å². The number of amides is 3. The van der Waals surface area contributed by atoms with E-state index in [-0.39, 0.29) is 24.1 Å². The second-order valence-corrected chi connectivity index (χ2v) is 9.91. The summed E-state index contributed by atoms with van der Waals surface area (Å²) in [6, 6.07) is 8.60. The van der Waals surface area contributed by atoms with E-state index in [2.05, 4.69) is 16.4 Å². The Kier molecular flexibility index (Phi) is 6.04. The number of anilines is 1. The number of carbonyl (C=O) groups is 3. The highest BCUT2D eigenvalue weighted by Crippen LogP contribution is 2.40. The van der Waals surface area contributed by atoms with Crippen molar-refractivity contribution in [2.45, 2.75) is 43.7 Å². The predicted molar refractivity (Wildman–Crippen MR) is 127 cm³/mol. The molecule has 1 atom stereocenters. The van der Waals surface area contributed by atoms with E-state index in [0.717, 1.165) is 32.1 Å². The van der Waals surface area contributed by atoms with Gasteiger partial charge in [0.2, 0.25) is 5.91 Å². The molecule has 2 saturated heterocycles. The number of pyridine rings is 1. The van der Waals surface area contributed by atoms with Gasteiger partial charge in [0.05, 0.1) is 29.6 Å². The lowest BCUT2D eigenvalue weighted by Crippen LogP contribution is -2.48. The third kappa shape index (κ3) is 4.16. The summed E-state index contributed by atoms with van der Waals surface area (Å²) in [6.45, 7) is 0.371. The molecule has 1 unspecified atom stereocenters. The lowest BCUT2D eigenvalue weighted by atomic mass is 9.96. The minimum Gasteiger partial charge on any atom is -0.442 e. The number of aromatic nitrogens is 1. The number of hydrogen-bond donors (Lipinski definition) is 1. The molecule has 5 rings (SSSR count). The van der Waals surface area contributed by atoms with Crippen LogP contribution in [0.15, 0.2) is 30.5 Å². The fraction of sp³-hybridized carbons (Fsp3) is 0.458. The van der Waals surface area contributed by atoms with Crippen LogP contribution in [0, 0.1) is 11.3 Å². The van der Waals surface area contributed by atoms with E-state index in [4.69, 9.17) is 4.74 Å². The van der Waals surface area contributed by atoms with Gasteiger partial charge in [0.1, 0.15) is 11.6 Å². The van der Waals surface area contributed by atoms with Crippen molar-refractivity contribution in [3.63, 3.8) is 0 Å². The molecule has 34 heavy (non-hydrogen) atoms. The number of benzene rings is 1. The van der Waals surface area contributed by atoms with Crippen molar-refractivity contribution in [3.05, 3.63) is 36.0 Å². The van der Waals surface area contributed by atoms with Gasteiger partial charge >= 0.3 is 6.09 Å². The van der Waals surface area contributed by atoms with Gasteiger partial charge in [-0.15, -0.1) is 11.8 Å². The van der Waals surface area contributed by atoms with Gasteiger partial charge in [-0.25, -0.2) is 4.79 Å². The van der Waals surface area contributed by atoms with Crippen molar-refractivity contribution >= 4 is 46.3 Å². The zero-order valence-electron chi connectivity index (χ0n) is 18.7. The third-order valence-corrected chi connectivity index (χ3v) is 7.88. The maximum atomic E-state index is 13.0. The minimum atomic E-state index is -0.466. The monoisotopic (exact) mass is 479 g/mol. The molecule has 1 saturated carbocycles. The number of nitriles is 1. The van der Waals surface area contributed by atoms with Crippen molar-refractivity contribution in [2.75, 3.05) is 29.6 Å². The Bertz CT molecular complexity index is 1190. The molecule has 1 aromatic heterocycles. The summed E-state index contributed by atoms with van der Waals surface area (Å²) in [5.41, 5.74) is 1.31. The molecule has 3 fully saturated rings. The number of fused-ring (bicyclic) bond motifs is 1. The number of hydrogen-bond acceptors (Lipinski definition) is 7. The Morgan fingerprint density at radius 1 is 1.26 bits per heavy atom. The normalized spacial score (nSPS) is 21.5. The molecule has 2 aliphatic heterocycles. The van der Waals surface area contributed by atoms with Gasteiger partial charge in [-0.1, -0.05) is 0 Å². The smallest absolute Gasteiger partial charge is 0.414 e. The topological polar surface area (TPSA) is 116 Å². The molecule has 3 aliphatic rings. The standard InChI is InChI=1S/C24H25N5O4S/c25-12-17-14-34-15-29(17)21(30)13-27-22(31)18-5-9-26-20-4-3-16(11-19(18)20)28-10-8-24(33-23(28)32)6-1-2-7-24/h3-5,9,11,17H,1-2,6-8,10,13-15H2,(H,27,31). The van der Waals surface area contributed by atoms with Gasteiger partial charge in [-0.2, -0.15) is 5.26 Å². The van der Waals surface area contributed by atoms with Crippen LogP contribution in [0.3, 0.4) is 0 Å². The Labute approximate surface area is 201 Å². The molecule has 176 valence electrons. The van der Waals surface area contributed by atoms with Gasteiger partial charge in [0, 0.05) is 36.0 Å². The molecule has 1 spiro atoms. The zero-order chi connectivity index (χ0) is 23.7. The van der Waals surface area contributed by atoms with Crippen LogP contribution in [0.2, 0.25) is 0 Å². The van der Waals surface area contributed by atoms with Crippen LogP contribution in [-0.4, -0.2) is 64.2 Å². The van der Waals surface area contributed by atoms with Gasteiger partial charge in [0.25, 0.3) is 5.91 Å². The van der Waals surface area contributed by atoms with Crippen LogP contribution in [0.1, 0.15) is 42.5 Å². The van der Waals surface area contributed by atoms with Crippen LogP contribution in [0.25, 0.3) is 10.9 Å². The first-order chi connectivity index (χ1) is 16.5. The first-order valence-electron chi connectivity index (χ1n) is 11.4. The molecular formula is C24H25N5O4S. The van der Waals surface area contributed by atoms with Crippen LogP contribution in [0.5, 0.6) is 0 Å². The van der Waals surface area contributed by atoms with Crippen molar-refractivity contribution in [2.24, 2.45) is 0 Å². The second-order valence-electron chi connectivity index (χ2n) is 8.91. The fourth-order valence-electron chi connectivity index (χ4n) is 4.95. The zero-order valence-corrected chi connectivity index (χ0v) is 19.5. The molecule has 1 N–H and O–H groups in total. The quantitative estimate of drug-likeness (QED) is 0.716. The highest BCUT2D eigenvalue weighted by molar-refractivity contribution is 7.99. The molecule has 9 nitrogen and oxygen atoms in total. The SMILES string of the molecule is N#CC1CSCN1C(=O)CNC(=O)c1ccnc2ccc(N3CCC4(CCCC4)OC3=O)cc12. The Morgan fingerprint density at radius 2 is 2.09 bits per heavy atom. The number of nitrogens with one attached hydrogen (secondary N) is 1. The summed E-state index contributed by atoms with van der Waals surface area (Å²) in [7, 11) is 0. The lowest BCUT2D eigenvalue weighted by molar-refractivity contribution is -0.129. The van der Waals surface area contributed by atoms with Crippen LogP contribution in [0.4, 0.5) is 10.5 Å². The average Bonchev–Trinajstić information content (AvgIpc) is 3.51. The summed E-state index contributed by atoms with van der Waals surface area (Å²) in [5, 5.41) is 12.4. The third-order valence-electron chi connectivity index (χ3n) is 6.86. The average molecular weight is 480 g/mol. The maximum absolute atomic E-state index is 13.0. The van der Waals surface area contributed by atoms with E-state index in [1.54, 1.807) is 29.3 Å². The van der Waals surface area contributed by atoms with E-state index in [0.29, 0.717) is 40.3 Å². The highest BCUT2D eigenvalue weighted by Gasteiger charge is 2.43. The van der Waals surface area contributed by atoms with E-state index in [1.165, 1.54) is 16.7 Å². The van der Waals surface area contributed by atoms with E-state index in [9.17, 15) is 19.6 Å². The maximum Gasteiger partial charge on any atom is 0.414 e. The number of carbonyl (C=O) groups excluding carboxylic acids is 3. The van der Waals surface area contributed by atoms with Gasteiger partial charge in [0.15, 0.2) is 0 Å². The van der Waals surface area contributed by atoms with Gasteiger partial charge in [-0.05, 0) is 49.9 Å². The number of rotatable bonds is 4. The Morgan fingerprint density at radius 3 is 2.85 bits per heavy atom. The van der Waals surface area contributed by atoms with Gasteiger partial charge in [-0.3, -0.25) is 19.5 Å².